The van der Waals surface area contributed by atoms with Gasteiger partial charge in [0.05, 0.1) is 29.5 Å². The number of pyridine rings is 2. The average molecular weight is 666 g/mol. The zero-order valence-electron chi connectivity index (χ0n) is 28.3. The van der Waals surface area contributed by atoms with Crippen LogP contribution >= 0.6 is 0 Å². The van der Waals surface area contributed by atoms with Crippen molar-refractivity contribution >= 4 is 52.0 Å². The topological polar surface area (TPSA) is 145 Å². The Hall–Kier alpha value is -5.11. The van der Waals surface area contributed by atoms with Gasteiger partial charge in [0.15, 0.2) is 0 Å². The van der Waals surface area contributed by atoms with Gasteiger partial charge in [-0.2, -0.15) is 4.98 Å². The van der Waals surface area contributed by atoms with Crippen molar-refractivity contribution in [3.63, 3.8) is 0 Å². The van der Waals surface area contributed by atoms with Crippen molar-refractivity contribution < 1.29 is 14.4 Å². The Kier molecular flexibility index (Phi) is 9.13. The Morgan fingerprint density at radius 3 is 2.35 bits per heavy atom. The third-order valence-corrected chi connectivity index (χ3v) is 9.92. The van der Waals surface area contributed by atoms with Crippen molar-refractivity contribution in [2.45, 2.75) is 63.6 Å². The van der Waals surface area contributed by atoms with E-state index in [4.69, 9.17) is 4.98 Å². The lowest BCUT2D eigenvalue weighted by Gasteiger charge is -2.37. The minimum Gasteiger partial charge on any atom is -0.370 e. The quantitative estimate of drug-likeness (QED) is 0.265. The summed E-state index contributed by atoms with van der Waals surface area (Å²) in [6.07, 6.45) is 12.1. The number of hydrogen-bond donors (Lipinski definition) is 2. The summed E-state index contributed by atoms with van der Waals surface area (Å²) in [5.74, 6) is 0.842. The lowest BCUT2D eigenvalue weighted by atomic mass is 10.0. The maximum Gasteiger partial charge on any atom is 0.328 e. The van der Waals surface area contributed by atoms with Crippen molar-refractivity contribution in [2.75, 3.05) is 55.9 Å². The summed E-state index contributed by atoms with van der Waals surface area (Å²) in [5, 5.41) is 6.48. The second-order valence-corrected chi connectivity index (χ2v) is 13.4. The molecule has 4 amide bonds. The minimum atomic E-state index is -0.401. The number of urea groups is 1. The first-order chi connectivity index (χ1) is 23.7. The van der Waals surface area contributed by atoms with E-state index in [1.54, 1.807) is 36.3 Å². The molecule has 0 aromatic carbocycles. The van der Waals surface area contributed by atoms with Gasteiger partial charge < -0.3 is 19.7 Å². The van der Waals surface area contributed by atoms with Crippen LogP contribution in [0.15, 0.2) is 48.9 Å². The summed E-state index contributed by atoms with van der Waals surface area (Å²) < 4.78 is 2.11. The molecule has 1 saturated carbocycles. The summed E-state index contributed by atoms with van der Waals surface area (Å²) in [4.78, 5) is 63.2. The zero-order chi connectivity index (χ0) is 34.1. The van der Waals surface area contributed by atoms with Crippen molar-refractivity contribution in [1.82, 2.24) is 39.6 Å². The van der Waals surface area contributed by atoms with E-state index in [-0.39, 0.29) is 24.3 Å². The molecule has 2 N–H and O–H groups in total. The number of anilines is 4. The molecule has 4 aromatic heterocycles. The number of nitrogens with one attached hydrogen (secondary N) is 2. The van der Waals surface area contributed by atoms with Crippen LogP contribution in [0.4, 0.5) is 27.9 Å². The largest absolute Gasteiger partial charge is 0.370 e. The van der Waals surface area contributed by atoms with Gasteiger partial charge in [0.1, 0.15) is 17.2 Å². The molecule has 0 unspecified atom stereocenters. The highest BCUT2D eigenvalue weighted by Crippen LogP contribution is 2.35. The molecule has 14 heteroatoms. The fourth-order valence-corrected chi connectivity index (χ4v) is 7.19. The number of carbonyl (C=O) groups is 3. The molecule has 0 radical (unpaired) electrons. The van der Waals surface area contributed by atoms with E-state index in [2.05, 4.69) is 53.1 Å². The van der Waals surface area contributed by atoms with Crippen LogP contribution in [0.25, 0.3) is 11.0 Å². The molecule has 49 heavy (non-hydrogen) atoms. The predicted octanol–water partition coefficient (Wildman–Crippen LogP) is 4.33. The lowest BCUT2D eigenvalue weighted by molar-refractivity contribution is -0.120. The highest BCUT2D eigenvalue weighted by Gasteiger charge is 2.28. The first kappa shape index (κ1) is 32.4. The number of nitrogens with zero attached hydrogens (tertiary/aromatic N) is 9. The van der Waals surface area contributed by atoms with Crippen molar-refractivity contribution in [2.24, 2.45) is 0 Å². The van der Waals surface area contributed by atoms with E-state index >= 15 is 0 Å². The molecular formula is C35H43N11O3. The van der Waals surface area contributed by atoms with Crippen molar-refractivity contribution in [1.29, 1.82) is 0 Å². The molecule has 14 nitrogen and oxygen atoms in total. The van der Waals surface area contributed by atoms with Gasteiger partial charge in [-0.3, -0.25) is 29.7 Å². The van der Waals surface area contributed by atoms with E-state index in [1.165, 1.54) is 0 Å². The monoisotopic (exact) mass is 665 g/mol. The first-order valence-electron chi connectivity index (χ1n) is 17.1. The minimum absolute atomic E-state index is 0.0267. The Labute approximate surface area is 285 Å². The average Bonchev–Trinajstić information content (AvgIpc) is 3.77. The molecule has 0 atom stereocenters. The van der Waals surface area contributed by atoms with E-state index in [1.807, 2.05) is 30.5 Å². The normalized spacial score (nSPS) is 17.6. The highest BCUT2D eigenvalue weighted by molar-refractivity contribution is 6.05. The van der Waals surface area contributed by atoms with E-state index in [9.17, 15) is 14.4 Å². The molecule has 7 rings (SSSR count). The maximum absolute atomic E-state index is 13.0. The van der Waals surface area contributed by atoms with Crippen LogP contribution in [-0.4, -0.2) is 99.0 Å². The molecule has 0 spiro atoms. The number of hydrogen-bond acceptors (Lipinski definition) is 10. The van der Waals surface area contributed by atoms with Crippen LogP contribution in [0.2, 0.25) is 0 Å². The summed E-state index contributed by atoms with van der Waals surface area (Å²) >= 11 is 0. The van der Waals surface area contributed by atoms with E-state index in [0.29, 0.717) is 42.3 Å². The third-order valence-electron chi connectivity index (χ3n) is 9.92. The van der Waals surface area contributed by atoms with Crippen molar-refractivity contribution in [3.05, 3.63) is 60.3 Å². The lowest BCUT2D eigenvalue weighted by Crippen LogP contribution is -2.49. The zero-order valence-corrected chi connectivity index (χ0v) is 28.3. The maximum atomic E-state index is 13.0. The Morgan fingerprint density at radius 2 is 1.67 bits per heavy atom. The summed E-state index contributed by atoms with van der Waals surface area (Å²) in [7, 11) is 5.69. The second-order valence-electron chi connectivity index (χ2n) is 13.4. The van der Waals surface area contributed by atoms with Crippen LogP contribution in [0.1, 0.15) is 67.2 Å². The first-order valence-corrected chi connectivity index (χ1v) is 17.1. The summed E-state index contributed by atoms with van der Waals surface area (Å²) in [5.41, 5.74) is 4.13. The summed E-state index contributed by atoms with van der Waals surface area (Å²) in [6, 6.07) is 10.1. The Morgan fingerprint density at radius 1 is 0.918 bits per heavy atom. The van der Waals surface area contributed by atoms with Gasteiger partial charge in [0.2, 0.25) is 11.9 Å². The molecule has 3 aliphatic rings. The number of amides is 4. The standard InChI is InChI=1S/C35H43N11O3/c1-42(2)33(48)29-18-23-19-38-34(41-32(23)46(29)26-6-4-5-7-26)39-30-11-10-27(20-37-30)44-15-12-25(13-16-44)43(3)22-24-8-9-28(21-36-24)45-17-14-31(47)40-35(45)49/h8-11,18-21,25-26H,4-7,12-17,22H2,1-3H3,(H,40,47,49)(H,37,38,39,41). The van der Waals surface area contributed by atoms with Crippen LogP contribution in [0.5, 0.6) is 0 Å². The molecule has 6 heterocycles. The second kappa shape index (κ2) is 13.8. The van der Waals surface area contributed by atoms with Crippen molar-refractivity contribution in [3.8, 4) is 0 Å². The van der Waals surface area contributed by atoms with E-state index in [0.717, 1.165) is 74.0 Å². The number of fused-ring (bicyclic) bond motifs is 1. The highest BCUT2D eigenvalue weighted by atomic mass is 16.2. The molecule has 1 aliphatic carbocycles. The van der Waals surface area contributed by atoms with Gasteiger partial charge in [-0.25, -0.2) is 14.8 Å². The van der Waals surface area contributed by atoms with Crippen LogP contribution < -0.4 is 20.4 Å². The molecular weight excluding hydrogens is 622 g/mol. The van der Waals surface area contributed by atoms with Gasteiger partial charge in [0.25, 0.3) is 5.91 Å². The Balaban J connectivity index is 0.945. The molecule has 2 aliphatic heterocycles. The predicted molar refractivity (Wildman–Crippen MR) is 187 cm³/mol. The number of imide groups is 1. The molecule has 2 saturated heterocycles. The Bertz CT molecular complexity index is 1830. The molecule has 3 fully saturated rings. The number of carbonyl (C=O) groups excluding carboxylic acids is 3. The third kappa shape index (κ3) is 6.91. The molecule has 4 aromatic rings. The van der Waals surface area contributed by atoms with Gasteiger partial charge in [-0.1, -0.05) is 12.8 Å². The van der Waals surface area contributed by atoms with Crippen LogP contribution in [0, 0.1) is 0 Å². The van der Waals surface area contributed by atoms with Crippen LogP contribution in [-0.2, 0) is 11.3 Å². The van der Waals surface area contributed by atoms with E-state index < -0.39 is 6.03 Å². The van der Waals surface area contributed by atoms with Gasteiger partial charge in [-0.15, -0.1) is 0 Å². The number of piperidine rings is 1. The van der Waals surface area contributed by atoms with Gasteiger partial charge >= 0.3 is 6.03 Å². The summed E-state index contributed by atoms with van der Waals surface area (Å²) in [6.45, 7) is 2.92. The number of rotatable bonds is 9. The smallest absolute Gasteiger partial charge is 0.328 e. The molecule has 0 bridgehead atoms. The van der Waals surface area contributed by atoms with Gasteiger partial charge in [-0.05, 0) is 63.1 Å². The fraction of sp³-hybridized carbons (Fsp3) is 0.457. The molecule has 256 valence electrons. The number of aromatic nitrogens is 5. The fourth-order valence-electron chi connectivity index (χ4n) is 7.19. The van der Waals surface area contributed by atoms with Gasteiger partial charge in [0, 0.05) is 70.4 Å². The van der Waals surface area contributed by atoms with Crippen LogP contribution in [0.3, 0.4) is 0 Å². The SMILES string of the molecule is CN(C)C(=O)c1cc2cnc(Nc3ccc(N4CCC(N(C)Cc5ccc(N6CCC(=O)NC6=O)cn5)CC4)cn3)nc2n1C1CCCC1.